The van der Waals surface area contributed by atoms with E-state index in [0.717, 1.165) is 52.3 Å². The highest BCUT2D eigenvalue weighted by Gasteiger charge is 2.34. The number of nitrogens with zero attached hydrogens (tertiary/aromatic N) is 3. The van der Waals surface area contributed by atoms with Gasteiger partial charge in [-0.05, 0) is 70.8 Å². The minimum atomic E-state index is 0.202. The van der Waals surface area contributed by atoms with Crippen molar-refractivity contribution in [2.24, 2.45) is 5.92 Å². The summed E-state index contributed by atoms with van der Waals surface area (Å²) in [6, 6.07) is 7.31. The third kappa shape index (κ3) is 3.77. The number of rotatable bonds is 5. The average Bonchev–Trinajstić information content (AvgIpc) is 3.51. The molecule has 1 heterocycles. The fourth-order valence-electron chi connectivity index (χ4n) is 4.42. The van der Waals surface area contributed by atoms with E-state index in [4.69, 9.17) is 0 Å². The van der Waals surface area contributed by atoms with Crippen molar-refractivity contribution >= 4 is 38.3 Å². The summed E-state index contributed by atoms with van der Waals surface area (Å²) in [6.07, 6.45) is 8.59. The highest BCUT2D eigenvalue weighted by Crippen LogP contribution is 2.40. The molecule has 1 aromatic carbocycles. The molecule has 2 aliphatic rings. The second-order valence-corrected chi connectivity index (χ2v) is 9.27. The summed E-state index contributed by atoms with van der Waals surface area (Å²) in [7, 11) is 6.52. The van der Waals surface area contributed by atoms with Crippen LogP contribution < -0.4 is 4.90 Å². The lowest BCUT2D eigenvalue weighted by Crippen LogP contribution is -2.41. The predicted octanol–water partition coefficient (Wildman–Crippen LogP) is 4.90. The molecular formula is C22H28BrN3O. The number of aromatic nitrogens is 1. The van der Waals surface area contributed by atoms with Crippen molar-refractivity contribution in [1.29, 1.82) is 0 Å². The molecule has 0 aliphatic heterocycles. The summed E-state index contributed by atoms with van der Waals surface area (Å²) < 4.78 is 1.03. The van der Waals surface area contributed by atoms with Gasteiger partial charge in [0.2, 0.25) is 0 Å². The van der Waals surface area contributed by atoms with Gasteiger partial charge in [0, 0.05) is 41.1 Å². The molecular weight excluding hydrogens is 402 g/mol. The molecule has 4 nitrogen and oxygen atoms in total. The Morgan fingerprint density at radius 1 is 1.04 bits per heavy atom. The van der Waals surface area contributed by atoms with E-state index in [1.807, 2.05) is 18.3 Å². The minimum Gasteiger partial charge on any atom is -0.370 e. The maximum Gasteiger partial charge on any atom is 0.169 e. The zero-order chi connectivity index (χ0) is 19.1. The molecule has 0 amide bonds. The molecule has 2 fully saturated rings. The fourth-order valence-corrected chi connectivity index (χ4v) is 4.78. The minimum absolute atomic E-state index is 0.202. The maximum atomic E-state index is 13.0. The van der Waals surface area contributed by atoms with Gasteiger partial charge in [0.05, 0.1) is 16.8 Å². The van der Waals surface area contributed by atoms with Crippen molar-refractivity contribution in [2.75, 3.05) is 26.0 Å². The lowest BCUT2D eigenvalue weighted by Gasteiger charge is -2.39. The van der Waals surface area contributed by atoms with Crippen molar-refractivity contribution in [1.82, 2.24) is 9.88 Å². The van der Waals surface area contributed by atoms with Crippen LogP contribution in [0.1, 0.15) is 48.9 Å². The lowest BCUT2D eigenvalue weighted by molar-refractivity contribution is 0.0968. The van der Waals surface area contributed by atoms with Gasteiger partial charge in [0.25, 0.3) is 0 Å². The number of benzene rings is 1. The Balaban J connectivity index is 1.73. The molecule has 0 radical (unpaired) electrons. The first-order valence-electron chi connectivity index (χ1n) is 9.97. The Hall–Kier alpha value is -1.46. The molecule has 5 heteroatoms. The van der Waals surface area contributed by atoms with E-state index in [-0.39, 0.29) is 11.7 Å². The Labute approximate surface area is 170 Å². The van der Waals surface area contributed by atoms with Crippen LogP contribution in [0.2, 0.25) is 0 Å². The first-order chi connectivity index (χ1) is 13.0. The van der Waals surface area contributed by atoms with Crippen molar-refractivity contribution < 1.29 is 4.79 Å². The highest BCUT2D eigenvalue weighted by molar-refractivity contribution is 9.10. The topological polar surface area (TPSA) is 36.4 Å². The zero-order valence-corrected chi connectivity index (χ0v) is 18.0. The van der Waals surface area contributed by atoms with Crippen molar-refractivity contribution in [3.63, 3.8) is 0 Å². The molecule has 2 aromatic rings. The molecule has 2 aliphatic carbocycles. The molecule has 1 aromatic heterocycles. The van der Waals surface area contributed by atoms with Crippen LogP contribution in [-0.2, 0) is 0 Å². The molecule has 2 saturated carbocycles. The monoisotopic (exact) mass is 429 g/mol. The van der Waals surface area contributed by atoms with Gasteiger partial charge in [-0.3, -0.25) is 9.78 Å². The van der Waals surface area contributed by atoms with Gasteiger partial charge in [-0.15, -0.1) is 0 Å². The van der Waals surface area contributed by atoms with E-state index in [1.54, 1.807) is 0 Å². The van der Waals surface area contributed by atoms with E-state index in [0.29, 0.717) is 12.1 Å². The number of halogens is 1. The molecule has 0 bridgehead atoms. The van der Waals surface area contributed by atoms with Gasteiger partial charge in [-0.2, -0.15) is 0 Å². The highest BCUT2D eigenvalue weighted by atomic mass is 79.9. The lowest BCUT2D eigenvalue weighted by atomic mass is 9.89. The summed E-state index contributed by atoms with van der Waals surface area (Å²) in [5.74, 6) is 0.473. The number of hydrogen-bond donors (Lipinski definition) is 0. The number of anilines is 1. The number of fused-ring (bicyclic) bond motifs is 1. The third-order valence-electron chi connectivity index (χ3n) is 6.31. The number of pyridine rings is 1. The second kappa shape index (κ2) is 7.51. The summed E-state index contributed by atoms with van der Waals surface area (Å²) >= 11 is 3.60. The molecule has 0 N–H and O–H groups in total. The molecule has 0 spiro atoms. The third-order valence-corrected chi connectivity index (χ3v) is 6.81. The Morgan fingerprint density at radius 2 is 1.70 bits per heavy atom. The zero-order valence-electron chi connectivity index (χ0n) is 16.4. The van der Waals surface area contributed by atoms with Crippen LogP contribution in [0.25, 0.3) is 10.9 Å². The summed E-state index contributed by atoms with van der Waals surface area (Å²) in [4.78, 5) is 22.3. The van der Waals surface area contributed by atoms with Gasteiger partial charge < -0.3 is 9.80 Å². The van der Waals surface area contributed by atoms with Crippen LogP contribution in [0.3, 0.4) is 0 Å². The number of carbonyl (C=O) groups excluding carboxylic acids is 1. The van der Waals surface area contributed by atoms with Crippen LogP contribution in [-0.4, -0.2) is 48.9 Å². The smallest absolute Gasteiger partial charge is 0.169 e. The Kier molecular flexibility index (Phi) is 5.26. The Morgan fingerprint density at radius 3 is 2.33 bits per heavy atom. The van der Waals surface area contributed by atoms with Crippen LogP contribution in [0.15, 0.2) is 28.9 Å². The van der Waals surface area contributed by atoms with Crippen LogP contribution in [0, 0.1) is 5.92 Å². The quantitative estimate of drug-likeness (QED) is 0.633. The predicted molar refractivity (Wildman–Crippen MR) is 115 cm³/mol. The van der Waals surface area contributed by atoms with E-state index in [9.17, 15) is 4.79 Å². The fraction of sp³-hybridized carbons (Fsp3) is 0.545. The molecule has 0 unspecified atom stereocenters. The summed E-state index contributed by atoms with van der Waals surface area (Å²) in [6.45, 7) is 0. The van der Waals surface area contributed by atoms with Gasteiger partial charge in [-0.1, -0.05) is 15.9 Å². The van der Waals surface area contributed by atoms with Crippen molar-refractivity contribution in [3.05, 3.63) is 34.4 Å². The van der Waals surface area contributed by atoms with Crippen LogP contribution in [0.5, 0.6) is 0 Å². The van der Waals surface area contributed by atoms with E-state index in [2.05, 4.69) is 57.9 Å². The largest absolute Gasteiger partial charge is 0.370 e. The van der Waals surface area contributed by atoms with Crippen LogP contribution in [0.4, 0.5) is 5.69 Å². The Bertz CT molecular complexity index is 854. The van der Waals surface area contributed by atoms with E-state index in [1.165, 1.54) is 12.8 Å². The van der Waals surface area contributed by atoms with E-state index < -0.39 is 0 Å². The van der Waals surface area contributed by atoms with E-state index >= 15 is 0 Å². The van der Waals surface area contributed by atoms with Crippen molar-refractivity contribution in [2.45, 2.75) is 50.6 Å². The molecule has 0 atom stereocenters. The normalized spacial score (nSPS) is 23.0. The van der Waals surface area contributed by atoms with Gasteiger partial charge >= 0.3 is 0 Å². The summed E-state index contributed by atoms with van der Waals surface area (Å²) in [5.41, 5.74) is 2.83. The number of ketones is 1. The maximum absolute atomic E-state index is 13.0. The molecule has 144 valence electrons. The summed E-state index contributed by atoms with van der Waals surface area (Å²) in [5, 5.41) is 1.08. The van der Waals surface area contributed by atoms with Gasteiger partial charge in [0.15, 0.2) is 5.78 Å². The van der Waals surface area contributed by atoms with Gasteiger partial charge in [0.1, 0.15) is 0 Å². The van der Waals surface area contributed by atoms with Crippen molar-refractivity contribution in [3.8, 4) is 0 Å². The molecule has 0 saturated heterocycles. The first kappa shape index (κ1) is 18.9. The standard InChI is InChI=1S/C22H28BrN3O/c1-25(2)16-7-9-17(10-8-16)26(3)21-18-12-15(23)6-11-20(18)24-13-19(21)22(27)14-4-5-14/h6,11-14,16-17H,4-5,7-10H2,1-3H3/t16-,17-. The number of carbonyl (C=O) groups is 1. The SMILES string of the molecule is CN(C)[C@H]1CC[C@H](N(C)c2c(C(=O)C3CC3)cnc3ccc(Br)cc23)CC1. The number of hydrogen-bond acceptors (Lipinski definition) is 4. The average molecular weight is 430 g/mol. The molecule has 4 rings (SSSR count). The second-order valence-electron chi connectivity index (χ2n) is 8.36. The van der Waals surface area contributed by atoms with Gasteiger partial charge in [-0.25, -0.2) is 0 Å². The molecule has 27 heavy (non-hydrogen) atoms. The first-order valence-corrected chi connectivity index (χ1v) is 10.8. The number of Topliss-reactive ketones (excluding diaryl/α,β-unsaturated/α-hetero) is 1. The van der Waals surface area contributed by atoms with Crippen LogP contribution >= 0.6 is 15.9 Å².